The van der Waals surface area contributed by atoms with Gasteiger partial charge in [0.05, 0.1) is 10.6 Å². The van der Waals surface area contributed by atoms with Crippen LogP contribution < -0.4 is 16.2 Å². The third-order valence-electron chi connectivity index (χ3n) is 1.37. The summed E-state index contributed by atoms with van der Waals surface area (Å²) in [4.78, 5) is -0.0168. The molecule has 1 aromatic rings. The molecule has 1 aromatic carbocycles. The predicted octanol–water partition coefficient (Wildman–Crippen LogP) is 0.557. The van der Waals surface area contributed by atoms with Crippen LogP contribution in [0.2, 0.25) is 0 Å². The van der Waals surface area contributed by atoms with Crippen LogP contribution in [-0.2, 0) is 10.0 Å². The van der Waals surface area contributed by atoms with E-state index in [0.717, 1.165) is 0 Å². The minimum absolute atomic E-state index is 0. The Hall–Kier alpha value is -0.890. The van der Waals surface area contributed by atoms with Gasteiger partial charge in [0.25, 0.3) is 0 Å². The molecule has 4 N–H and O–H groups in total. The van der Waals surface area contributed by atoms with E-state index in [9.17, 15) is 12.9 Å². The molecule has 0 bridgehead atoms. The maximum Gasteiger partial charge on any atom is 0.238 e. The van der Waals surface area contributed by atoms with E-state index in [4.69, 9.17) is 5.14 Å². The third kappa shape index (κ3) is 3.46. The highest BCUT2D eigenvalue weighted by Gasteiger charge is 2.05. The number of nitrogens with two attached hydrogens (primary N) is 1. The number of nitrogens with one attached hydrogen (secondary N) is 2. The van der Waals surface area contributed by atoms with Crippen molar-refractivity contribution in [3.63, 3.8) is 0 Å². The molecule has 0 fully saturated rings. The largest absolute Gasteiger partial charge is 0.295 e. The molecule has 0 aromatic heterocycles. The van der Waals surface area contributed by atoms with Gasteiger partial charge >= 0.3 is 0 Å². The lowest BCUT2D eigenvalue weighted by Crippen LogP contribution is -2.13. The van der Waals surface area contributed by atoms with Gasteiger partial charge in [-0.25, -0.2) is 13.6 Å². The van der Waals surface area contributed by atoms with Crippen LogP contribution in [0, 0.1) is 0 Å². The molecule has 8 heteroatoms. The zero-order valence-corrected chi connectivity index (χ0v) is 8.53. The van der Waals surface area contributed by atoms with Gasteiger partial charge in [-0.15, -0.1) is 16.9 Å². The van der Waals surface area contributed by atoms with Crippen molar-refractivity contribution in [1.82, 2.24) is 5.65 Å². The number of rotatable bonds is 3. The average Bonchev–Trinajstić information content (AvgIpc) is 2.04. The Morgan fingerprint density at radius 1 is 1.21 bits per heavy atom. The summed E-state index contributed by atoms with van der Waals surface area (Å²) in [7, 11) is -3.68. The van der Waals surface area contributed by atoms with Crippen molar-refractivity contribution in [1.29, 1.82) is 0 Å². The van der Waals surface area contributed by atoms with Crippen molar-refractivity contribution in [2.45, 2.75) is 4.90 Å². The smallest absolute Gasteiger partial charge is 0.238 e. The summed E-state index contributed by atoms with van der Waals surface area (Å²) >= 11 is 0. The number of hydrogen-bond donors (Lipinski definition) is 3. The van der Waals surface area contributed by atoms with Gasteiger partial charge < -0.3 is 0 Å². The number of hydrogen-bond acceptors (Lipinski definition) is 4. The van der Waals surface area contributed by atoms with E-state index in [1.54, 1.807) is 0 Å². The number of hydrazine groups is 1. The molecule has 14 heavy (non-hydrogen) atoms. The Labute approximate surface area is 86.9 Å². The fourth-order valence-electron chi connectivity index (χ4n) is 0.783. The van der Waals surface area contributed by atoms with Gasteiger partial charge in [-0.05, 0) is 24.3 Å². The fourth-order valence-corrected chi connectivity index (χ4v) is 1.30. The zero-order valence-electron chi connectivity index (χ0n) is 6.90. The summed E-state index contributed by atoms with van der Waals surface area (Å²) in [5.41, 5.74) is 3.74. The Morgan fingerprint density at radius 3 is 2.07 bits per heavy atom. The van der Waals surface area contributed by atoms with Crippen molar-refractivity contribution in [3.05, 3.63) is 24.3 Å². The maximum atomic E-state index is 11.5. The van der Waals surface area contributed by atoms with Crippen LogP contribution in [0.1, 0.15) is 0 Å². The monoisotopic (exact) mass is 241 g/mol. The Morgan fingerprint density at radius 2 is 1.71 bits per heavy atom. The van der Waals surface area contributed by atoms with E-state index in [2.05, 4.69) is 5.43 Å². The molecular weight excluding hydrogens is 233 g/mol. The Kier molecular flexibility index (Phi) is 4.78. The number of sulfonamides is 1. The van der Waals surface area contributed by atoms with E-state index >= 15 is 0 Å². The van der Waals surface area contributed by atoms with Crippen molar-refractivity contribution in [2.75, 3.05) is 5.43 Å². The van der Waals surface area contributed by atoms with Crippen LogP contribution >= 0.6 is 12.4 Å². The molecule has 0 atom stereocenters. The minimum Gasteiger partial charge on any atom is -0.295 e. The molecule has 0 saturated heterocycles. The Balaban J connectivity index is 0.00000169. The lowest BCUT2D eigenvalue weighted by Gasteiger charge is -2.02. The lowest BCUT2D eigenvalue weighted by molar-refractivity contribution is 0.376. The van der Waals surface area contributed by atoms with Crippen molar-refractivity contribution >= 4 is 28.1 Å². The van der Waals surface area contributed by atoms with Crippen molar-refractivity contribution in [2.24, 2.45) is 5.14 Å². The molecule has 0 heterocycles. The second-order valence-corrected chi connectivity index (χ2v) is 3.85. The summed E-state index contributed by atoms with van der Waals surface area (Å²) in [6.45, 7) is 0. The van der Waals surface area contributed by atoms with Gasteiger partial charge in [0.15, 0.2) is 0 Å². The first-order valence-corrected chi connectivity index (χ1v) is 4.83. The molecule has 0 spiro atoms. The maximum absolute atomic E-state index is 11.5. The topological polar surface area (TPSA) is 84.2 Å². The molecule has 0 aliphatic rings. The molecule has 0 aliphatic heterocycles. The molecule has 0 unspecified atom stereocenters. The van der Waals surface area contributed by atoms with E-state index in [0.29, 0.717) is 5.69 Å². The normalized spacial score (nSPS) is 10.4. The Bertz CT molecular complexity index is 381. The highest BCUT2D eigenvalue weighted by molar-refractivity contribution is 7.89. The first-order chi connectivity index (χ1) is 6.04. The summed E-state index contributed by atoms with van der Waals surface area (Å²) in [6, 6.07) is 5.31. The second-order valence-electron chi connectivity index (χ2n) is 2.29. The van der Waals surface area contributed by atoms with Crippen LogP contribution in [0.3, 0.4) is 0 Å². The van der Waals surface area contributed by atoms with E-state index < -0.39 is 10.0 Å². The van der Waals surface area contributed by atoms with Gasteiger partial charge in [-0.2, -0.15) is 0 Å². The molecule has 1 rings (SSSR count). The first-order valence-electron chi connectivity index (χ1n) is 3.28. The molecule has 5 nitrogen and oxygen atoms in total. The third-order valence-corrected chi connectivity index (χ3v) is 2.30. The van der Waals surface area contributed by atoms with Crippen LogP contribution in [0.4, 0.5) is 10.2 Å². The summed E-state index contributed by atoms with van der Waals surface area (Å²) < 4.78 is 33.0. The zero-order chi connectivity index (χ0) is 9.90. The van der Waals surface area contributed by atoms with Crippen LogP contribution in [0.5, 0.6) is 0 Å². The summed E-state index contributed by atoms with van der Waals surface area (Å²) in [5, 5.41) is 4.84. The predicted molar refractivity (Wildman–Crippen MR) is 52.9 cm³/mol. The van der Waals surface area contributed by atoms with E-state index in [1.807, 2.05) is 0 Å². The number of halogens is 2. The highest BCUT2D eigenvalue weighted by Crippen LogP contribution is 2.11. The van der Waals surface area contributed by atoms with Gasteiger partial charge in [-0.1, -0.05) is 5.65 Å². The summed E-state index contributed by atoms with van der Waals surface area (Å²) in [6.07, 6.45) is 0. The minimum atomic E-state index is -3.68. The molecular formula is C6H9ClFN3O2S. The van der Waals surface area contributed by atoms with Gasteiger partial charge in [0.2, 0.25) is 10.0 Å². The van der Waals surface area contributed by atoms with Crippen LogP contribution in [0.15, 0.2) is 29.2 Å². The van der Waals surface area contributed by atoms with Gasteiger partial charge in [0, 0.05) is 0 Å². The number of primary sulfonamides is 1. The summed E-state index contributed by atoms with van der Waals surface area (Å²) in [5.74, 6) is 0. The molecule has 0 saturated carbocycles. The highest BCUT2D eigenvalue weighted by atomic mass is 35.5. The number of benzene rings is 1. The van der Waals surface area contributed by atoms with Crippen LogP contribution in [-0.4, -0.2) is 8.42 Å². The van der Waals surface area contributed by atoms with Gasteiger partial charge in [0.1, 0.15) is 0 Å². The lowest BCUT2D eigenvalue weighted by atomic mass is 10.3. The molecule has 0 radical (unpaired) electrons. The second kappa shape index (κ2) is 5.11. The molecule has 80 valence electrons. The number of anilines is 1. The van der Waals surface area contributed by atoms with E-state index in [1.165, 1.54) is 29.9 Å². The van der Waals surface area contributed by atoms with E-state index in [-0.39, 0.29) is 17.3 Å². The molecule has 0 amide bonds. The SMILES string of the molecule is Cl.NS(=O)(=O)c1ccc(NNF)cc1. The standard InChI is InChI=1S/C6H8FN3O2S.ClH/c7-10-9-5-1-3-6(4-2-5)13(8,11)12;/h1-4,9-10H,(H2,8,11,12);1H. The van der Waals surface area contributed by atoms with Crippen molar-refractivity contribution < 1.29 is 12.9 Å². The average molecular weight is 242 g/mol. The quantitative estimate of drug-likeness (QED) is 0.533. The fraction of sp³-hybridized carbons (Fsp3) is 0. The van der Waals surface area contributed by atoms with Crippen molar-refractivity contribution in [3.8, 4) is 0 Å². The first kappa shape index (κ1) is 13.1. The van der Waals surface area contributed by atoms with Gasteiger partial charge in [-0.3, -0.25) is 5.43 Å². The molecule has 0 aliphatic carbocycles. The van der Waals surface area contributed by atoms with Crippen LogP contribution in [0.25, 0.3) is 0 Å².